The molecular weight excluding hydrogens is 370 g/mol. The summed E-state index contributed by atoms with van der Waals surface area (Å²) in [5, 5.41) is 8.32. The number of nitriles is 1. The summed E-state index contributed by atoms with van der Waals surface area (Å²) in [4.78, 5) is 0. The van der Waals surface area contributed by atoms with E-state index in [-0.39, 0.29) is 5.75 Å². The molecule has 152 valence electrons. The Morgan fingerprint density at radius 2 is 1.68 bits per heavy atom. The zero-order valence-electron chi connectivity index (χ0n) is 15.7. The molecule has 0 heterocycles. The van der Waals surface area contributed by atoms with Crippen LogP contribution in [0.2, 0.25) is 0 Å². The van der Waals surface area contributed by atoms with Crippen molar-refractivity contribution in [3.8, 4) is 11.8 Å². The number of alkyl halides is 3. The lowest BCUT2D eigenvalue weighted by atomic mass is 9.78. The van der Waals surface area contributed by atoms with Gasteiger partial charge in [-0.15, -0.1) is 13.2 Å². The number of allylic oxidation sites excluding steroid dienone is 4. The molecule has 2 nitrogen and oxygen atoms in total. The lowest BCUT2D eigenvalue weighted by molar-refractivity contribution is -0.274. The Morgan fingerprint density at radius 1 is 1.07 bits per heavy atom. The van der Waals surface area contributed by atoms with E-state index in [1.807, 2.05) is 6.08 Å². The van der Waals surface area contributed by atoms with Crippen LogP contribution in [-0.2, 0) is 6.42 Å². The summed E-state index contributed by atoms with van der Waals surface area (Å²) in [6, 6.07) is 7.56. The van der Waals surface area contributed by atoms with Gasteiger partial charge in [0.1, 0.15) is 11.8 Å². The SMILES string of the molecule is N#CC(F)=CC=CCCC1CCC(CCc2ccc(OC(F)(F)F)cc2)CC1. The van der Waals surface area contributed by atoms with Crippen molar-refractivity contribution >= 4 is 0 Å². The molecule has 1 aliphatic carbocycles. The number of ether oxygens (including phenoxy) is 1. The molecule has 0 unspecified atom stereocenters. The molecule has 28 heavy (non-hydrogen) atoms. The van der Waals surface area contributed by atoms with Gasteiger partial charge in [0.05, 0.1) is 0 Å². The molecule has 1 saturated carbocycles. The quantitative estimate of drug-likeness (QED) is 0.269. The second kappa shape index (κ2) is 10.9. The maximum Gasteiger partial charge on any atom is 0.573 e. The average molecular weight is 395 g/mol. The molecule has 0 amide bonds. The van der Waals surface area contributed by atoms with E-state index < -0.39 is 12.2 Å². The number of hydrogen-bond acceptors (Lipinski definition) is 2. The van der Waals surface area contributed by atoms with Crippen molar-refractivity contribution in [2.24, 2.45) is 11.8 Å². The number of halogens is 4. The van der Waals surface area contributed by atoms with Gasteiger partial charge in [-0.05, 0) is 61.3 Å². The Bertz CT molecular complexity index is 693. The second-order valence-electron chi connectivity index (χ2n) is 7.25. The first kappa shape index (κ1) is 22.0. The predicted molar refractivity (Wildman–Crippen MR) is 100 cm³/mol. The smallest absolute Gasteiger partial charge is 0.406 e. The normalized spacial score (nSPS) is 20.9. The summed E-state index contributed by atoms with van der Waals surface area (Å²) in [5.74, 6) is 0.381. The third-order valence-corrected chi connectivity index (χ3v) is 5.19. The fraction of sp³-hybridized carbons (Fsp3) is 0.500. The van der Waals surface area contributed by atoms with Gasteiger partial charge in [-0.3, -0.25) is 0 Å². The maximum absolute atomic E-state index is 12.6. The molecule has 1 aromatic rings. The van der Waals surface area contributed by atoms with E-state index in [2.05, 4.69) is 4.74 Å². The lowest BCUT2D eigenvalue weighted by Crippen LogP contribution is -2.17. The van der Waals surface area contributed by atoms with E-state index in [1.54, 1.807) is 18.2 Å². The minimum Gasteiger partial charge on any atom is -0.406 e. The van der Waals surface area contributed by atoms with Crippen LogP contribution in [0.5, 0.6) is 5.75 Å². The Labute approximate surface area is 163 Å². The number of nitrogens with zero attached hydrogens (tertiary/aromatic N) is 1. The van der Waals surface area contributed by atoms with Crippen LogP contribution in [0.4, 0.5) is 17.6 Å². The van der Waals surface area contributed by atoms with Crippen LogP contribution >= 0.6 is 0 Å². The number of aryl methyl sites for hydroxylation is 1. The van der Waals surface area contributed by atoms with E-state index in [9.17, 15) is 17.6 Å². The molecule has 0 spiro atoms. The molecule has 2 rings (SSSR count). The average Bonchev–Trinajstić information content (AvgIpc) is 2.66. The maximum atomic E-state index is 12.6. The van der Waals surface area contributed by atoms with Crippen molar-refractivity contribution in [1.29, 1.82) is 5.26 Å². The fourth-order valence-corrected chi connectivity index (χ4v) is 3.66. The molecule has 0 aliphatic heterocycles. The van der Waals surface area contributed by atoms with Crippen LogP contribution in [0.1, 0.15) is 50.5 Å². The zero-order chi connectivity index (χ0) is 20.4. The highest BCUT2D eigenvalue weighted by Crippen LogP contribution is 2.34. The Hall–Kier alpha value is -2.29. The van der Waals surface area contributed by atoms with Crippen LogP contribution in [0.3, 0.4) is 0 Å². The van der Waals surface area contributed by atoms with E-state index >= 15 is 0 Å². The number of hydrogen-bond donors (Lipinski definition) is 0. The first-order valence-electron chi connectivity index (χ1n) is 9.63. The molecule has 0 bridgehead atoms. The van der Waals surface area contributed by atoms with Crippen LogP contribution in [-0.4, -0.2) is 6.36 Å². The van der Waals surface area contributed by atoms with Crippen LogP contribution in [0.15, 0.2) is 48.3 Å². The van der Waals surface area contributed by atoms with E-state index in [0.717, 1.165) is 31.2 Å². The molecule has 6 heteroatoms. The largest absolute Gasteiger partial charge is 0.573 e. The van der Waals surface area contributed by atoms with Gasteiger partial charge < -0.3 is 4.74 Å². The summed E-state index contributed by atoms with van der Waals surface area (Å²) in [6.07, 6.45) is 8.59. The first-order chi connectivity index (χ1) is 13.4. The topological polar surface area (TPSA) is 33.0 Å². The summed E-state index contributed by atoms with van der Waals surface area (Å²) >= 11 is 0. The van der Waals surface area contributed by atoms with Crippen molar-refractivity contribution in [3.05, 3.63) is 53.9 Å². The van der Waals surface area contributed by atoms with Crippen molar-refractivity contribution in [2.75, 3.05) is 0 Å². The van der Waals surface area contributed by atoms with E-state index in [4.69, 9.17) is 5.26 Å². The van der Waals surface area contributed by atoms with Gasteiger partial charge in [0.15, 0.2) is 5.83 Å². The number of benzene rings is 1. The van der Waals surface area contributed by atoms with Gasteiger partial charge in [-0.1, -0.05) is 50.0 Å². The highest BCUT2D eigenvalue weighted by Gasteiger charge is 2.31. The van der Waals surface area contributed by atoms with Gasteiger partial charge >= 0.3 is 6.36 Å². The van der Waals surface area contributed by atoms with Crippen molar-refractivity contribution in [2.45, 2.75) is 57.7 Å². The Kier molecular flexibility index (Phi) is 8.56. The minimum atomic E-state index is -4.65. The highest BCUT2D eigenvalue weighted by molar-refractivity contribution is 5.27. The summed E-state index contributed by atoms with van der Waals surface area (Å²) < 4.78 is 53.0. The monoisotopic (exact) mass is 395 g/mol. The van der Waals surface area contributed by atoms with Crippen LogP contribution < -0.4 is 4.74 Å². The summed E-state index contributed by atoms with van der Waals surface area (Å²) in [6.45, 7) is 0. The van der Waals surface area contributed by atoms with Gasteiger partial charge in [-0.25, -0.2) is 0 Å². The predicted octanol–water partition coefficient (Wildman–Crippen LogP) is 7.04. The van der Waals surface area contributed by atoms with Gasteiger partial charge in [0.2, 0.25) is 0 Å². The molecule has 1 fully saturated rings. The highest BCUT2D eigenvalue weighted by atomic mass is 19.4. The van der Waals surface area contributed by atoms with E-state index in [0.29, 0.717) is 11.8 Å². The van der Waals surface area contributed by atoms with Gasteiger partial charge in [0, 0.05) is 0 Å². The molecule has 1 aromatic carbocycles. The second-order valence-corrected chi connectivity index (χ2v) is 7.25. The molecule has 1 aliphatic rings. The Balaban J connectivity index is 1.64. The molecule has 0 aromatic heterocycles. The Morgan fingerprint density at radius 3 is 2.25 bits per heavy atom. The van der Waals surface area contributed by atoms with Gasteiger partial charge in [0.25, 0.3) is 0 Å². The molecule has 0 radical (unpaired) electrons. The standard InChI is InChI=1S/C22H25F4NO/c23-20(16-27)5-3-1-2-4-17-6-8-18(9-7-17)10-11-19-12-14-21(15-13-19)28-22(24,25)26/h1,3,5,12-15,17-18H,2,4,6-11H2. The van der Waals surface area contributed by atoms with Crippen LogP contribution in [0, 0.1) is 23.2 Å². The zero-order valence-corrected chi connectivity index (χ0v) is 15.7. The van der Waals surface area contributed by atoms with Crippen LogP contribution in [0.25, 0.3) is 0 Å². The third-order valence-electron chi connectivity index (χ3n) is 5.19. The third kappa shape index (κ3) is 8.60. The summed E-state index contributed by atoms with van der Waals surface area (Å²) in [5.41, 5.74) is 1.03. The molecule has 0 atom stereocenters. The van der Waals surface area contributed by atoms with Crippen molar-refractivity contribution < 1.29 is 22.3 Å². The molecular formula is C22H25F4NO. The molecule has 0 N–H and O–H groups in total. The van der Waals surface area contributed by atoms with Crippen molar-refractivity contribution in [1.82, 2.24) is 0 Å². The lowest BCUT2D eigenvalue weighted by Gasteiger charge is -2.28. The number of rotatable bonds is 8. The van der Waals surface area contributed by atoms with Gasteiger partial charge in [-0.2, -0.15) is 9.65 Å². The van der Waals surface area contributed by atoms with E-state index in [1.165, 1.54) is 50.0 Å². The summed E-state index contributed by atoms with van der Waals surface area (Å²) in [7, 11) is 0. The fourth-order valence-electron chi connectivity index (χ4n) is 3.66. The minimum absolute atomic E-state index is 0.184. The first-order valence-corrected chi connectivity index (χ1v) is 9.63. The van der Waals surface area contributed by atoms with Crippen molar-refractivity contribution in [3.63, 3.8) is 0 Å². The molecule has 0 saturated heterocycles.